The van der Waals surface area contributed by atoms with Crippen molar-refractivity contribution >= 4 is 5.91 Å². The predicted molar refractivity (Wildman–Crippen MR) is 117 cm³/mol. The quantitative estimate of drug-likeness (QED) is 0.614. The molecule has 156 valence electrons. The standard InChI is InChI=1S/C25H29N3O2/c1-19-15-20(2)28(26-19)17-22-9-6-10-23(16-22)25(29)27-13-11-24(12-14-27)30-18-21-7-4-3-5-8-21/h3-10,15-16,24H,11-14,17-18H2,1-2H3. The summed E-state index contributed by atoms with van der Waals surface area (Å²) < 4.78 is 8.03. The fourth-order valence-corrected chi connectivity index (χ4v) is 4.01. The van der Waals surface area contributed by atoms with Crippen LogP contribution in [0.4, 0.5) is 0 Å². The lowest BCUT2D eigenvalue weighted by molar-refractivity contribution is -0.000382. The van der Waals surface area contributed by atoms with Crippen LogP contribution in [0, 0.1) is 13.8 Å². The van der Waals surface area contributed by atoms with E-state index < -0.39 is 0 Å². The summed E-state index contributed by atoms with van der Waals surface area (Å²) in [5, 5.41) is 4.52. The second-order valence-corrected chi connectivity index (χ2v) is 8.07. The molecule has 1 aliphatic heterocycles. The van der Waals surface area contributed by atoms with Crippen LogP contribution in [0.5, 0.6) is 0 Å². The van der Waals surface area contributed by atoms with Gasteiger partial charge in [-0.05, 0) is 56.0 Å². The number of hydrogen-bond donors (Lipinski definition) is 0. The first-order valence-corrected chi connectivity index (χ1v) is 10.6. The van der Waals surface area contributed by atoms with E-state index in [1.807, 2.05) is 52.9 Å². The van der Waals surface area contributed by atoms with Crippen molar-refractivity contribution in [3.05, 3.63) is 88.7 Å². The molecule has 30 heavy (non-hydrogen) atoms. The molecular weight excluding hydrogens is 374 g/mol. The number of aromatic nitrogens is 2. The van der Waals surface area contributed by atoms with Crippen molar-refractivity contribution in [1.82, 2.24) is 14.7 Å². The zero-order chi connectivity index (χ0) is 20.9. The topological polar surface area (TPSA) is 47.4 Å². The third-order valence-electron chi connectivity index (χ3n) is 5.67. The van der Waals surface area contributed by atoms with Gasteiger partial charge in [0.2, 0.25) is 0 Å². The van der Waals surface area contributed by atoms with Crippen LogP contribution >= 0.6 is 0 Å². The maximum atomic E-state index is 13.0. The summed E-state index contributed by atoms with van der Waals surface area (Å²) in [5.41, 5.74) is 5.17. The van der Waals surface area contributed by atoms with Crippen molar-refractivity contribution in [3.8, 4) is 0 Å². The van der Waals surface area contributed by atoms with Gasteiger partial charge in [-0.1, -0.05) is 42.5 Å². The van der Waals surface area contributed by atoms with E-state index in [4.69, 9.17) is 4.74 Å². The van der Waals surface area contributed by atoms with Crippen LogP contribution in [-0.4, -0.2) is 39.8 Å². The number of amides is 1. The molecule has 0 bridgehead atoms. The molecule has 1 aliphatic rings. The van der Waals surface area contributed by atoms with Crippen LogP contribution < -0.4 is 0 Å². The highest BCUT2D eigenvalue weighted by Gasteiger charge is 2.24. The molecule has 1 saturated heterocycles. The Morgan fingerprint density at radius 1 is 1.00 bits per heavy atom. The first kappa shape index (κ1) is 20.4. The van der Waals surface area contributed by atoms with E-state index in [-0.39, 0.29) is 12.0 Å². The Bertz CT molecular complexity index is 989. The molecule has 0 unspecified atom stereocenters. The molecule has 2 aromatic carbocycles. The second-order valence-electron chi connectivity index (χ2n) is 8.07. The van der Waals surface area contributed by atoms with Gasteiger partial charge in [0.25, 0.3) is 5.91 Å². The highest BCUT2D eigenvalue weighted by atomic mass is 16.5. The van der Waals surface area contributed by atoms with Crippen molar-refractivity contribution < 1.29 is 9.53 Å². The fourth-order valence-electron chi connectivity index (χ4n) is 4.01. The van der Waals surface area contributed by atoms with Crippen LogP contribution in [0.1, 0.15) is 45.7 Å². The molecule has 0 N–H and O–H groups in total. The van der Waals surface area contributed by atoms with Gasteiger partial charge in [0, 0.05) is 24.3 Å². The van der Waals surface area contributed by atoms with Gasteiger partial charge in [-0.25, -0.2) is 0 Å². The first-order valence-electron chi connectivity index (χ1n) is 10.6. The minimum atomic E-state index is 0.103. The molecule has 0 radical (unpaired) electrons. The van der Waals surface area contributed by atoms with E-state index in [0.717, 1.165) is 48.4 Å². The molecule has 4 rings (SSSR count). The molecule has 0 spiro atoms. The monoisotopic (exact) mass is 403 g/mol. The van der Waals surface area contributed by atoms with Crippen LogP contribution in [0.2, 0.25) is 0 Å². The fraction of sp³-hybridized carbons (Fsp3) is 0.360. The number of rotatable bonds is 6. The summed E-state index contributed by atoms with van der Waals surface area (Å²) in [4.78, 5) is 15.0. The summed E-state index contributed by atoms with van der Waals surface area (Å²) in [7, 11) is 0. The third-order valence-corrected chi connectivity index (χ3v) is 5.67. The molecule has 0 atom stereocenters. The number of likely N-dealkylation sites (tertiary alicyclic amines) is 1. The maximum absolute atomic E-state index is 13.0. The van der Waals surface area contributed by atoms with Gasteiger partial charge < -0.3 is 9.64 Å². The zero-order valence-electron chi connectivity index (χ0n) is 17.8. The maximum Gasteiger partial charge on any atom is 0.253 e. The highest BCUT2D eigenvalue weighted by molar-refractivity contribution is 5.94. The van der Waals surface area contributed by atoms with E-state index in [1.54, 1.807) is 0 Å². The highest BCUT2D eigenvalue weighted by Crippen LogP contribution is 2.19. The SMILES string of the molecule is Cc1cc(C)n(Cc2cccc(C(=O)N3CCC(OCc4ccccc4)CC3)c2)n1. The average molecular weight is 404 g/mol. The molecule has 1 aromatic heterocycles. The molecule has 1 amide bonds. The van der Waals surface area contributed by atoms with Gasteiger partial charge in [-0.15, -0.1) is 0 Å². The molecule has 3 aromatic rings. The molecular formula is C25H29N3O2. The lowest BCUT2D eigenvalue weighted by Crippen LogP contribution is -2.40. The molecule has 1 fully saturated rings. The summed E-state index contributed by atoms with van der Waals surface area (Å²) in [6.07, 6.45) is 1.97. The Morgan fingerprint density at radius 3 is 2.43 bits per heavy atom. The Kier molecular flexibility index (Phi) is 6.29. The van der Waals surface area contributed by atoms with Crippen molar-refractivity contribution in [2.45, 2.75) is 45.9 Å². The summed E-state index contributed by atoms with van der Waals surface area (Å²) in [6, 6.07) is 20.2. The average Bonchev–Trinajstić information content (AvgIpc) is 3.09. The van der Waals surface area contributed by atoms with Gasteiger partial charge in [0.15, 0.2) is 0 Å². The number of nitrogens with zero attached hydrogens (tertiary/aromatic N) is 3. The number of carbonyl (C=O) groups excluding carboxylic acids is 1. The largest absolute Gasteiger partial charge is 0.373 e. The number of aryl methyl sites for hydroxylation is 2. The number of piperidine rings is 1. The van der Waals surface area contributed by atoms with Crippen LogP contribution in [0.3, 0.4) is 0 Å². The van der Waals surface area contributed by atoms with Gasteiger partial charge in [0.1, 0.15) is 0 Å². The number of benzene rings is 2. The van der Waals surface area contributed by atoms with Crippen molar-refractivity contribution in [1.29, 1.82) is 0 Å². The Hall–Kier alpha value is -2.92. The van der Waals surface area contributed by atoms with Crippen LogP contribution in [0.25, 0.3) is 0 Å². The predicted octanol–water partition coefficient (Wildman–Crippen LogP) is 4.37. The van der Waals surface area contributed by atoms with E-state index in [0.29, 0.717) is 13.2 Å². The summed E-state index contributed by atoms with van der Waals surface area (Å²) in [5.74, 6) is 0.103. The Labute approximate surface area is 178 Å². The molecule has 2 heterocycles. The first-order chi connectivity index (χ1) is 14.6. The molecule has 0 aliphatic carbocycles. The van der Waals surface area contributed by atoms with E-state index in [9.17, 15) is 4.79 Å². The van der Waals surface area contributed by atoms with Gasteiger partial charge >= 0.3 is 0 Å². The van der Waals surface area contributed by atoms with Crippen molar-refractivity contribution in [2.75, 3.05) is 13.1 Å². The summed E-state index contributed by atoms with van der Waals surface area (Å²) in [6.45, 7) is 6.83. The van der Waals surface area contributed by atoms with Crippen molar-refractivity contribution in [2.24, 2.45) is 0 Å². The molecule has 5 heteroatoms. The van der Waals surface area contributed by atoms with E-state index in [1.165, 1.54) is 5.56 Å². The number of hydrogen-bond acceptors (Lipinski definition) is 3. The van der Waals surface area contributed by atoms with Crippen molar-refractivity contribution in [3.63, 3.8) is 0 Å². The minimum Gasteiger partial charge on any atom is -0.373 e. The number of ether oxygens (including phenoxy) is 1. The lowest BCUT2D eigenvalue weighted by atomic mass is 10.0. The lowest BCUT2D eigenvalue weighted by Gasteiger charge is -2.32. The molecule has 0 saturated carbocycles. The van der Waals surface area contributed by atoms with Gasteiger partial charge in [0.05, 0.1) is 24.9 Å². The Morgan fingerprint density at radius 2 is 1.73 bits per heavy atom. The normalized spacial score (nSPS) is 14.8. The second kappa shape index (κ2) is 9.26. The van der Waals surface area contributed by atoms with E-state index in [2.05, 4.69) is 36.3 Å². The van der Waals surface area contributed by atoms with Gasteiger partial charge in [-0.3, -0.25) is 9.48 Å². The van der Waals surface area contributed by atoms with Crippen LogP contribution in [-0.2, 0) is 17.9 Å². The Balaban J connectivity index is 1.32. The molecule has 5 nitrogen and oxygen atoms in total. The van der Waals surface area contributed by atoms with Crippen LogP contribution in [0.15, 0.2) is 60.7 Å². The third kappa shape index (κ3) is 4.97. The van der Waals surface area contributed by atoms with Gasteiger partial charge in [-0.2, -0.15) is 5.10 Å². The van der Waals surface area contributed by atoms with E-state index >= 15 is 0 Å². The zero-order valence-corrected chi connectivity index (χ0v) is 17.8. The number of carbonyl (C=O) groups is 1. The minimum absolute atomic E-state index is 0.103. The smallest absolute Gasteiger partial charge is 0.253 e. The summed E-state index contributed by atoms with van der Waals surface area (Å²) >= 11 is 0.